The van der Waals surface area contributed by atoms with Gasteiger partial charge in [-0.15, -0.1) is 0 Å². The van der Waals surface area contributed by atoms with Crippen LogP contribution in [0.1, 0.15) is 31.2 Å². The molecular weight excluding hydrogens is 198 g/mol. The van der Waals surface area contributed by atoms with Gasteiger partial charge in [0.2, 0.25) is 0 Å². The number of amidine groups is 1. The fraction of sp³-hybridized carbons (Fsp3) is 0.462. The van der Waals surface area contributed by atoms with Gasteiger partial charge in [-0.25, -0.2) is 0 Å². The first-order valence-electron chi connectivity index (χ1n) is 5.82. The van der Waals surface area contributed by atoms with Gasteiger partial charge >= 0.3 is 0 Å². The zero-order valence-electron chi connectivity index (χ0n) is 9.92. The summed E-state index contributed by atoms with van der Waals surface area (Å²) in [5.41, 5.74) is 7.82. The van der Waals surface area contributed by atoms with Gasteiger partial charge in [0, 0.05) is 19.2 Å². The second-order valence-electron chi connectivity index (χ2n) is 4.03. The molecule has 0 spiro atoms. The molecule has 16 heavy (non-hydrogen) atoms. The van der Waals surface area contributed by atoms with Gasteiger partial charge in [0.15, 0.2) is 0 Å². The average molecular weight is 219 g/mol. The van der Waals surface area contributed by atoms with Crippen molar-refractivity contribution < 1.29 is 0 Å². The molecule has 0 saturated heterocycles. The van der Waals surface area contributed by atoms with Crippen LogP contribution in [0.3, 0.4) is 0 Å². The fourth-order valence-electron chi connectivity index (χ4n) is 1.66. The van der Waals surface area contributed by atoms with E-state index in [4.69, 9.17) is 11.1 Å². The van der Waals surface area contributed by atoms with Crippen molar-refractivity contribution in [2.24, 2.45) is 5.73 Å². The second-order valence-corrected chi connectivity index (χ2v) is 4.03. The van der Waals surface area contributed by atoms with Crippen LogP contribution >= 0.6 is 0 Å². The molecule has 1 aromatic carbocycles. The third-order valence-corrected chi connectivity index (χ3v) is 2.65. The van der Waals surface area contributed by atoms with Crippen molar-refractivity contribution >= 4 is 11.5 Å². The average Bonchev–Trinajstić information content (AvgIpc) is 2.29. The van der Waals surface area contributed by atoms with Gasteiger partial charge < -0.3 is 11.1 Å². The Morgan fingerprint density at radius 3 is 2.44 bits per heavy atom. The molecule has 0 heterocycles. The molecule has 1 aromatic rings. The van der Waals surface area contributed by atoms with Crippen LogP contribution in [-0.4, -0.2) is 12.9 Å². The lowest BCUT2D eigenvalue weighted by molar-refractivity contribution is 0.694. The first-order chi connectivity index (χ1) is 7.72. The standard InChI is InChI=1S/C13H21N3/c1-16-12-9-7-11(8-10-12)5-3-2-4-6-13(14)15/h7-10,16H,2-6H2,1H3,(H3,14,15). The van der Waals surface area contributed by atoms with E-state index in [0.717, 1.165) is 31.4 Å². The van der Waals surface area contributed by atoms with E-state index in [9.17, 15) is 0 Å². The van der Waals surface area contributed by atoms with Crippen molar-refractivity contribution in [2.45, 2.75) is 32.1 Å². The SMILES string of the molecule is CNc1ccc(CCCCCC(=N)N)cc1. The molecular formula is C13H21N3. The van der Waals surface area contributed by atoms with Crippen molar-refractivity contribution in [2.75, 3.05) is 12.4 Å². The highest BCUT2D eigenvalue weighted by molar-refractivity contribution is 5.76. The molecule has 3 heteroatoms. The van der Waals surface area contributed by atoms with Crippen LogP contribution in [0.25, 0.3) is 0 Å². The van der Waals surface area contributed by atoms with Crippen molar-refractivity contribution in [1.29, 1.82) is 5.41 Å². The van der Waals surface area contributed by atoms with E-state index in [1.165, 1.54) is 12.0 Å². The van der Waals surface area contributed by atoms with Gasteiger partial charge in [-0.05, 0) is 37.0 Å². The Hall–Kier alpha value is -1.51. The minimum atomic E-state index is 0.304. The topological polar surface area (TPSA) is 61.9 Å². The van der Waals surface area contributed by atoms with E-state index in [-0.39, 0.29) is 0 Å². The van der Waals surface area contributed by atoms with Gasteiger partial charge in [0.05, 0.1) is 5.84 Å². The quantitative estimate of drug-likeness (QED) is 0.375. The van der Waals surface area contributed by atoms with Crippen LogP contribution in [0.2, 0.25) is 0 Å². The van der Waals surface area contributed by atoms with Crippen LogP contribution in [0.15, 0.2) is 24.3 Å². The van der Waals surface area contributed by atoms with Crippen LogP contribution in [0, 0.1) is 5.41 Å². The molecule has 0 fully saturated rings. The summed E-state index contributed by atoms with van der Waals surface area (Å²) in [6.07, 6.45) is 5.20. The number of aryl methyl sites for hydroxylation is 1. The number of anilines is 1. The molecule has 0 atom stereocenters. The van der Waals surface area contributed by atoms with Crippen LogP contribution in [0.4, 0.5) is 5.69 Å². The second kappa shape index (κ2) is 6.88. The highest BCUT2D eigenvalue weighted by Crippen LogP contribution is 2.12. The van der Waals surface area contributed by atoms with Gasteiger partial charge in [0.1, 0.15) is 0 Å². The Kier molecular flexibility index (Phi) is 5.40. The minimum absolute atomic E-state index is 0.304. The zero-order chi connectivity index (χ0) is 11.8. The Morgan fingerprint density at radius 1 is 1.19 bits per heavy atom. The third-order valence-electron chi connectivity index (χ3n) is 2.65. The fourth-order valence-corrected chi connectivity index (χ4v) is 1.66. The van der Waals surface area contributed by atoms with E-state index in [1.807, 2.05) is 7.05 Å². The lowest BCUT2D eigenvalue weighted by Crippen LogP contribution is -2.08. The molecule has 1 rings (SSSR count). The highest BCUT2D eigenvalue weighted by Gasteiger charge is 1.95. The maximum Gasteiger partial charge on any atom is 0.0905 e. The number of unbranched alkanes of at least 4 members (excludes halogenated alkanes) is 2. The number of nitrogens with two attached hydrogens (primary N) is 1. The maximum absolute atomic E-state index is 7.11. The van der Waals surface area contributed by atoms with Crippen LogP contribution < -0.4 is 11.1 Å². The zero-order valence-corrected chi connectivity index (χ0v) is 9.92. The lowest BCUT2D eigenvalue weighted by atomic mass is 10.1. The highest BCUT2D eigenvalue weighted by atomic mass is 14.8. The number of hydrogen-bond donors (Lipinski definition) is 3. The number of hydrogen-bond acceptors (Lipinski definition) is 2. The molecule has 0 bridgehead atoms. The summed E-state index contributed by atoms with van der Waals surface area (Å²) < 4.78 is 0. The Bertz CT molecular complexity index is 316. The molecule has 0 aliphatic heterocycles. The van der Waals surface area contributed by atoms with Crippen molar-refractivity contribution in [3.05, 3.63) is 29.8 Å². The summed E-state index contributed by atoms with van der Waals surface area (Å²) in [5.74, 6) is 0.304. The third kappa shape index (κ3) is 4.82. The maximum atomic E-state index is 7.11. The summed E-state index contributed by atoms with van der Waals surface area (Å²) in [7, 11) is 1.93. The predicted molar refractivity (Wildman–Crippen MR) is 70.1 cm³/mol. The predicted octanol–water partition coefficient (Wildman–Crippen LogP) is 2.77. The molecule has 4 N–H and O–H groups in total. The normalized spacial score (nSPS) is 10.1. The van der Waals surface area contributed by atoms with E-state index in [1.54, 1.807) is 0 Å². The molecule has 0 aromatic heterocycles. The Balaban J connectivity index is 2.19. The molecule has 0 aliphatic carbocycles. The van der Waals surface area contributed by atoms with Gasteiger partial charge in [0.25, 0.3) is 0 Å². The number of rotatable bonds is 7. The van der Waals surface area contributed by atoms with Gasteiger partial charge in [-0.1, -0.05) is 18.6 Å². The molecule has 0 radical (unpaired) electrons. The monoisotopic (exact) mass is 219 g/mol. The minimum Gasteiger partial charge on any atom is -0.388 e. The first-order valence-corrected chi connectivity index (χ1v) is 5.82. The van der Waals surface area contributed by atoms with E-state index in [0.29, 0.717) is 5.84 Å². The lowest BCUT2D eigenvalue weighted by Gasteiger charge is -2.04. The van der Waals surface area contributed by atoms with Gasteiger partial charge in [-0.2, -0.15) is 0 Å². The molecule has 3 nitrogen and oxygen atoms in total. The summed E-state index contributed by atoms with van der Waals surface area (Å²) in [4.78, 5) is 0. The van der Waals surface area contributed by atoms with Crippen molar-refractivity contribution in [1.82, 2.24) is 0 Å². The molecule has 0 unspecified atom stereocenters. The smallest absolute Gasteiger partial charge is 0.0905 e. The summed E-state index contributed by atoms with van der Waals surface area (Å²) in [6, 6.07) is 8.53. The molecule has 0 aliphatic rings. The van der Waals surface area contributed by atoms with Crippen LogP contribution in [0.5, 0.6) is 0 Å². The Morgan fingerprint density at radius 2 is 1.88 bits per heavy atom. The summed E-state index contributed by atoms with van der Waals surface area (Å²) in [6.45, 7) is 0. The summed E-state index contributed by atoms with van der Waals surface area (Å²) >= 11 is 0. The van der Waals surface area contributed by atoms with Crippen molar-refractivity contribution in [3.63, 3.8) is 0 Å². The molecule has 0 amide bonds. The van der Waals surface area contributed by atoms with E-state index >= 15 is 0 Å². The Labute approximate surface area is 97.6 Å². The molecule has 0 saturated carbocycles. The van der Waals surface area contributed by atoms with Crippen molar-refractivity contribution in [3.8, 4) is 0 Å². The summed E-state index contributed by atoms with van der Waals surface area (Å²) in [5, 5.41) is 10.2. The molecule has 88 valence electrons. The largest absolute Gasteiger partial charge is 0.388 e. The number of benzene rings is 1. The van der Waals surface area contributed by atoms with E-state index in [2.05, 4.69) is 29.6 Å². The first kappa shape index (κ1) is 12.6. The number of nitrogens with one attached hydrogen (secondary N) is 2. The van der Waals surface area contributed by atoms with Gasteiger partial charge in [-0.3, -0.25) is 5.41 Å². The van der Waals surface area contributed by atoms with E-state index < -0.39 is 0 Å². The van der Waals surface area contributed by atoms with Crippen LogP contribution in [-0.2, 0) is 6.42 Å².